The van der Waals surface area contributed by atoms with E-state index in [1.165, 1.54) is 22.3 Å². The van der Waals surface area contributed by atoms with Gasteiger partial charge in [-0.3, -0.25) is 4.79 Å². The minimum atomic E-state index is -0.107. The van der Waals surface area contributed by atoms with Gasteiger partial charge >= 0.3 is 5.97 Å². The lowest BCUT2D eigenvalue weighted by Gasteiger charge is -2.06. The molecule has 22 heavy (non-hydrogen) atoms. The standard InChI is InChI=1S/C20H24O2/c1-16-5-9-18(10-6-16)4-3-15-22-20(21)14-13-19-11-7-17(2)8-12-19/h5-12H,3-4,13-15H2,1-2H3. The Morgan fingerprint density at radius 2 is 1.32 bits per heavy atom. The zero-order valence-electron chi connectivity index (χ0n) is 13.5. The molecule has 0 heterocycles. The van der Waals surface area contributed by atoms with Crippen molar-refractivity contribution in [3.63, 3.8) is 0 Å². The van der Waals surface area contributed by atoms with Crippen LogP contribution in [0.5, 0.6) is 0 Å². The number of ether oxygens (including phenoxy) is 1. The van der Waals surface area contributed by atoms with Gasteiger partial charge in [0.25, 0.3) is 0 Å². The third-order valence-electron chi connectivity index (χ3n) is 3.73. The molecule has 0 radical (unpaired) electrons. The Labute approximate surface area is 133 Å². The van der Waals surface area contributed by atoms with Gasteiger partial charge in [-0.1, -0.05) is 59.7 Å². The maximum atomic E-state index is 11.7. The molecule has 0 atom stereocenters. The van der Waals surface area contributed by atoms with Crippen molar-refractivity contribution in [1.82, 2.24) is 0 Å². The Morgan fingerprint density at radius 1 is 0.818 bits per heavy atom. The third kappa shape index (κ3) is 5.72. The lowest BCUT2D eigenvalue weighted by Crippen LogP contribution is -2.07. The van der Waals surface area contributed by atoms with E-state index in [-0.39, 0.29) is 5.97 Å². The van der Waals surface area contributed by atoms with Crippen molar-refractivity contribution >= 4 is 5.97 Å². The van der Waals surface area contributed by atoms with E-state index in [2.05, 4.69) is 62.4 Å². The van der Waals surface area contributed by atoms with Crippen LogP contribution in [0.2, 0.25) is 0 Å². The van der Waals surface area contributed by atoms with Crippen LogP contribution in [0.3, 0.4) is 0 Å². The van der Waals surface area contributed by atoms with Gasteiger partial charge in [-0.25, -0.2) is 0 Å². The van der Waals surface area contributed by atoms with Crippen LogP contribution in [-0.2, 0) is 22.4 Å². The van der Waals surface area contributed by atoms with Gasteiger partial charge in [-0.2, -0.15) is 0 Å². The molecule has 0 spiro atoms. The third-order valence-corrected chi connectivity index (χ3v) is 3.73. The average molecular weight is 296 g/mol. The molecular weight excluding hydrogens is 272 g/mol. The lowest BCUT2D eigenvalue weighted by atomic mass is 10.1. The predicted octanol–water partition coefficient (Wildman–Crippen LogP) is 4.41. The molecule has 116 valence electrons. The number of hydrogen-bond acceptors (Lipinski definition) is 2. The summed E-state index contributed by atoms with van der Waals surface area (Å²) in [6.45, 7) is 4.65. The van der Waals surface area contributed by atoms with E-state index < -0.39 is 0 Å². The van der Waals surface area contributed by atoms with Crippen LogP contribution in [0, 0.1) is 13.8 Å². The van der Waals surface area contributed by atoms with E-state index >= 15 is 0 Å². The molecule has 0 saturated carbocycles. The Hall–Kier alpha value is -2.09. The van der Waals surface area contributed by atoms with Gasteiger partial charge in [-0.15, -0.1) is 0 Å². The summed E-state index contributed by atoms with van der Waals surface area (Å²) < 4.78 is 5.29. The average Bonchev–Trinajstić information content (AvgIpc) is 2.53. The Balaban J connectivity index is 1.61. The van der Waals surface area contributed by atoms with Crippen molar-refractivity contribution in [1.29, 1.82) is 0 Å². The topological polar surface area (TPSA) is 26.3 Å². The number of aryl methyl sites for hydroxylation is 4. The Morgan fingerprint density at radius 3 is 1.86 bits per heavy atom. The highest BCUT2D eigenvalue weighted by Gasteiger charge is 2.04. The first kappa shape index (κ1) is 16.3. The van der Waals surface area contributed by atoms with E-state index in [1.54, 1.807) is 0 Å². The second-order valence-electron chi connectivity index (χ2n) is 5.80. The molecule has 0 amide bonds. The van der Waals surface area contributed by atoms with E-state index in [1.807, 2.05) is 0 Å². The molecule has 0 N–H and O–H groups in total. The minimum absolute atomic E-state index is 0.107. The summed E-state index contributed by atoms with van der Waals surface area (Å²) in [5, 5.41) is 0. The molecule has 2 rings (SSSR count). The zero-order chi connectivity index (χ0) is 15.8. The molecule has 2 aromatic rings. The van der Waals surface area contributed by atoms with Gasteiger partial charge in [0.05, 0.1) is 6.61 Å². The summed E-state index contributed by atoms with van der Waals surface area (Å²) in [6, 6.07) is 16.8. The molecule has 0 aliphatic heterocycles. The fraction of sp³-hybridized carbons (Fsp3) is 0.350. The van der Waals surface area contributed by atoms with Crippen molar-refractivity contribution in [3.8, 4) is 0 Å². The molecule has 0 fully saturated rings. The second-order valence-corrected chi connectivity index (χ2v) is 5.80. The van der Waals surface area contributed by atoms with Crippen molar-refractivity contribution in [2.24, 2.45) is 0 Å². The number of rotatable bonds is 7. The summed E-state index contributed by atoms with van der Waals surface area (Å²) in [5.41, 5.74) is 4.98. The van der Waals surface area contributed by atoms with Crippen LogP contribution < -0.4 is 0 Å². The highest BCUT2D eigenvalue weighted by Crippen LogP contribution is 2.08. The van der Waals surface area contributed by atoms with Gasteiger partial charge < -0.3 is 4.74 Å². The molecule has 0 aliphatic carbocycles. The number of hydrogen-bond donors (Lipinski definition) is 0. The number of esters is 1. The van der Waals surface area contributed by atoms with Crippen molar-refractivity contribution in [2.75, 3.05) is 6.61 Å². The summed E-state index contributed by atoms with van der Waals surface area (Å²) >= 11 is 0. The molecule has 0 aromatic heterocycles. The summed E-state index contributed by atoms with van der Waals surface area (Å²) in [6.07, 6.45) is 3.02. The molecule has 0 unspecified atom stereocenters. The molecule has 2 heteroatoms. The molecule has 2 nitrogen and oxygen atoms in total. The lowest BCUT2D eigenvalue weighted by molar-refractivity contribution is -0.143. The first-order valence-corrected chi connectivity index (χ1v) is 7.90. The zero-order valence-corrected chi connectivity index (χ0v) is 13.5. The van der Waals surface area contributed by atoms with Gasteiger partial charge in [0.15, 0.2) is 0 Å². The van der Waals surface area contributed by atoms with Gasteiger partial charge in [0, 0.05) is 6.42 Å². The number of carbonyl (C=O) groups excluding carboxylic acids is 1. The molecule has 2 aromatic carbocycles. The number of carbonyl (C=O) groups is 1. The van der Waals surface area contributed by atoms with Crippen molar-refractivity contribution in [3.05, 3.63) is 70.8 Å². The van der Waals surface area contributed by atoms with E-state index in [0.717, 1.165) is 19.3 Å². The number of benzene rings is 2. The van der Waals surface area contributed by atoms with E-state index in [0.29, 0.717) is 13.0 Å². The van der Waals surface area contributed by atoms with Gasteiger partial charge in [-0.05, 0) is 44.2 Å². The molecule has 0 aliphatic rings. The van der Waals surface area contributed by atoms with Crippen LogP contribution in [0.15, 0.2) is 48.5 Å². The minimum Gasteiger partial charge on any atom is -0.466 e. The maximum Gasteiger partial charge on any atom is 0.306 e. The van der Waals surface area contributed by atoms with Crippen LogP contribution in [0.25, 0.3) is 0 Å². The molecular formula is C20H24O2. The monoisotopic (exact) mass is 296 g/mol. The van der Waals surface area contributed by atoms with Crippen LogP contribution >= 0.6 is 0 Å². The Bertz CT molecular complexity index is 582. The predicted molar refractivity (Wildman–Crippen MR) is 90.0 cm³/mol. The molecule has 0 saturated heterocycles. The summed E-state index contributed by atoms with van der Waals surface area (Å²) in [4.78, 5) is 11.7. The Kier molecular flexibility index (Phi) is 6.20. The first-order valence-electron chi connectivity index (χ1n) is 7.90. The summed E-state index contributed by atoms with van der Waals surface area (Å²) in [5.74, 6) is -0.107. The molecule has 0 bridgehead atoms. The summed E-state index contributed by atoms with van der Waals surface area (Å²) in [7, 11) is 0. The largest absolute Gasteiger partial charge is 0.466 e. The van der Waals surface area contributed by atoms with E-state index in [4.69, 9.17) is 4.74 Å². The second kappa shape index (κ2) is 8.38. The van der Waals surface area contributed by atoms with Gasteiger partial charge in [0.1, 0.15) is 0 Å². The van der Waals surface area contributed by atoms with Crippen molar-refractivity contribution < 1.29 is 9.53 Å². The SMILES string of the molecule is Cc1ccc(CCCOC(=O)CCc2ccc(C)cc2)cc1. The normalized spacial score (nSPS) is 10.5. The highest BCUT2D eigenvalue weighted by atomic mass is 16.5. The van der Waals surface area contributed by atoms with Crippen LogP contribution in [-0.4, -0.2) is 12.6 Å². The highest BCUT2D eigenvalue weighted by molar-refractivity contribution is 5.69. The quantitative estimate of drug-likeness (QED) is 0.559. The van der Waals surface area contributed by atoms with E-state index in [9.17, 15) is 4.79 Å². The maximum absolute atomic E-state index is 11.7. The van der Waals surface area contributed by atoms with Crippen LogP contribution in [0.4, 0.5) is 0 Å². The first-order chi connectivity index (χ1) is 10.6. The van der Waals surface area contributed by atoms with Crippen molar-refractivity contribution in [2.45, 2.75) is 39.5 Å². The smallest absolute Gasteiger partial charge is 0.306 e. The fourth-order valence-corrected chi connectivity index (χ4v) is 2.29. The fourth-order valence-electron chi connectivity index (χ4n) is 2.29. The van der Waals surface area contributed by atoms with Gasteiger partial charge in [0.2, 0.25) is 0 Å². The van der Waals surface area contributed by atoms with Crippen LogP contribution in [0.1, 0.15) is 35.1 Å².